The Morgan fingerprint density at radius 2 is 2.23 bits per heavy atom. The van der Waals surface area contributed by atoms with Crippen LogP contribution in [0.4, 0.5) is 0 Å². The largest absolute Gasteiger partial charge is 0.376 e. The van der Waals surface area contributed by atoms with E-state index in [2.05, 4.69) is 36.7 Å². The molecule has 0 radical (unpaired) electrons. The molecule has 0 saturated carbocycles. The van der Waals surface area contributed by atoms with Crippen molar-refractivity contribution < 1.29 is 9.53 Å². The molecule has 4 heteroatoms. The molecule has 0 aliphatic carbocycles. The lowest BCUT2D eigenvalue weighted by molar-refractivity contribution is 0.0858. The van der Waals surface area contributed by atoms with Crippen molar-refractivity contribution in [2.75, 3.05) is 13.2 Å². The number of nitrogens with one attached hydrogen (secondary N) is 1. The summed E-state index contributed by atoms with van der Waals surface area (Å²) in [6.07, 6.45) is 2.31. The maximum absolute atomic E-state index is 12.3. The Labute approximate surface area is 131 Å². The Morgan fingerprint density at radius 3 is 2.91 bits per heavy atom. The van der Waals surface area contributed by atoms with Crippen molar-refractivity contribution in [3.63, 3.8) is 0 Å². The molecule has 1 amide bonds. The fourth-order valence-electron chi connectivity index (χ4n) is 3.31. The van der Waals surface area contributed by atoms with Gasteiger partial charge in [-0.2, -0.15) is 0 Å². The summed E-state index contributed by atoms with van der Waals surface area (Å²) in [5, 5.41) is 4.16. The van der Waals surface area contributed by atoms with Crippen molar-refractivity contribution in [1.82, 2.24) is 9.88 Å². The van der Waals surface area contributed by atoms with E-state index in [0.29, 0.717) is 6.54 Å². The van der Waals surface area contributed by atoms with Gasteiger partial charge in [-0.25, -0.2) is 0 Å². The lowest BCUT2D eigenvalue weighted by Gasteiger charge is -2.11. The van der Waals surface area contributed by atoms with E-state index in [1.807, 2.05) is 12.1 Å². The van der Waals surface area contributed by atoms with Gasteiger partial charge in [0.2, 0.25) is 0 Å². The lowest BCUT2D eigenvalue weighted by atomic mass is 10.1. The SMILES string of the molecule is CCn1c(C)c(C)c2cc(C(=O)NCC3CCCO3)ccc21. The summed E-state index contributed by atoms with van der Waals surface area (Å²) < 4.78 is 7.83. The number of nitrogens with zero attached hydrogens (tertiary/aromatic N) is 1. The molecule has 0 bridgehead atoms. The van der Waals surface area contributed by atoms with E-state index in [9.17, 15) is 4.79 Å². The summed E-state index contributed by atoms with van der Waals surface area (Å²) in [6.45, 7) is 8.77. The van der Waals surface area contributed by atoms with E-state index in [4.69, 9.17) is 4.74 Å². The number of rotatable bonds is 4. The Kier molecular flexibility index (Phi) is 4.21. The Bertz CT molecular complexity index is 697. The van der Waals surface area contributed by atoms with Crippen LogP contribution in [-0.2, 0) is 11.3 Å². The van der Waals surface area contributed by atoms with Crippen LogP contribution >= 0.6 is 0 Å². The minimum atomic E-state index is -0.0151. The molecular weight excluding hydrogens is 276 g/mol. The highest BCUT2D eigenvalue weighted by atomic mass is 16.5. The lowest BCUT2D eigenvalue weighted by Crippen LogP contribution is -2.31. The van der Waals surface area contributed by atoms with Gasteiger partial charge >= 0.3 is 0 Å². The van der Waals surface area contributed by atoms with Crippen LogP contribution in [0.3, 0.4) is 0 Å². The van der Waals surface area contributed by atoms with Gasteiger partial charge in [-0.15, -0.1) is 0 Å². The highest BCUT2D eigenvalue weighted by Gasteiger charge is 2.17. The van der Waals surface area contributed by atoms with Crippen molar-refractivity contribution in [2.45, 2.75) is 46.3 Å². The van der Waals surface area contributed by atoms with E-state index < -0.39 is 0 Å². The monoisotopic (exact) mass is 300 g/mol. The summed E-state index contributed by atoms with van der Waals surface area (Å²) in [7, 11) is 0. The summed E-state index contributed by atoms with van der Waals surface area (Å²) in [5.74, 6) is -0.0151. The molecular formula is C18H24N2O2. The molecule has 4 nitrogen and oxygen atoms in total. The maximum Gasteiger partial charge on any atom is 0.251 e. The minimum absolute atomic E-state index is 0.0151. The van der Waals surface area contributed by atoms with Gasteiger partial charge < -0.3 is 14.6 Å². The molecule has 1 aliphatic rings. The molecule has 1 aromatic carbocycles. The first-order valence-electron chi connectivity index (χ1n) is 8.11. The van der Waals surface area contributed by atoms with Crippen molar-refractivity contribution in [2.24, 2.45) is 0 Å². The second-order valence-corrected chi connectivity index (χ2v) is 6.03. The molecule has 1 fully saturated rings. The number of carbonyl (C=O) groups excluding carboxylic acids is 1. The second kappa shape index (κ2) is 6.13. The van der Waals surface area contributed by atoms with Crippen molar-refractivity contribution in [3.05, 3.63) is 35.0 Å². The normalized spacial score (nSPS) is 18.0. The quantitative estimate of drug-likeness (QED) is 0.942. The average Bonchev–Trinajstić information content (AvgIpc) is 3.13. The van der Waals surface area contributed by atoms with Crippen molar-refractivity contribution >= 4 is 16.8 Å². The zero-order valence-electron chi connectivity index (χ0n) is 13.6. The third-order valence-electron chi connectivity index (χ3n) is 4.73. The van der Waals surface area contributed by atoms with Gasteiger partial charge in [0, 0.05) is 41.9 Å². The predicted octanol–water partition coefficient (Wildman–Crippen LogP) is 3.19. The fraction of sp³-hybridized carbons (Fsp3) is 0.500. The first-order valence-corrected chi connectivity index (χ1v) is 8.11. The van der Waals surface area contributed by atoms with Crippen LogP contribution in [0.25, 0.3) is 10.9 Å². The van der Waals surface area contributed by atoms with Gasteiger partial charge in [0.1, 0.15) is 0 Å². The first kappa shape index (κ1) is 15.1. The second-order valence-electron chi connectivity index (χ2n) is 6.03. The van der Waals surface area contributed by atoms with E-state index in [1.165, 1.54) is 22.2 Å². The predicted molar refractivity (Wildman–Crippen MR) is 88.4 cm³/mol. The number of hydrogen-bond acceptors (Lipinski definition) is 2. The van der Waals surface area contributed by atoms with Crippen LogP contribution in [0.15, 0.2) is 18.2 Å². The summed E-state index contributed by atoms with van der Waals surface area (Å²) in [6, 6.07) is 5.98. The Morgan fingerprint density at radius 1 is 1.41 bits per heavy atom. The molecule has 1 unspecified atom stereocenters. The average molecular weight is 300 g/mol. The van der Waals surface area contributed by atoms with Crippen molar-refractivity contribution in [3.8, 4) is 0 Å². The van der Waals surface area contributed by atoms with Gasteiger partial charge in [-0.05, 0) is 57.4 Å². The minimum Gasteiger partial charge on any atom is -0.376 e. The van der Waals surface area contributed by atoms with Crippen LogP contribution in [0.1, 0.15) is 41.4 Å². The molecule has 1 aromatic heterocycles. The molecule has 1 aliphatic heterocycles. The molecule has 1 atom stereocenters. The number of fused-ring (bicyclic) bond motifs is 1. The third kappa shape index (κ3) is 2.63. The molecule has 3 rings (SSSR count). The number of benzene rings is 1. The fourth-order valence-corrected chi connectivity index (χ4v) is 3.31. The third-order valence-corrected chi connectivity index (χ3v) is 4.73. The number of ether oxygens (including phenoxy) is 1. The van der Waals surface area contributed by atoms with E-state index >= 15 is 0 Å². The van der Waals surface area contributed by atoms with Crippen LogP contribution in [0, 0.1) is 13.8 Å². The Hall–Kier alpha value is -1.81. The van der Waals surface area contributed by atoms with Gasteiger partial charge in [-0.3, -0.25) is 4.79 Å². The van der Waals surface area contributed by atoms with Crippen LogP contribution < -0.4 is 5.32 Å². The maximum atomic E-state index is 12.3. The molecule has 2 heterocycles. The van der Waals surface area contributed by atoms with Gasteiger partial charge in [0.15, 0.2) is 0 Å². The van der Waals surface area contributed by atoms with Gasteiger partial charge in [0.05, 0.1) is 6.10 Å². The van der Waals surface area contributed by atoms with E-state index in [1.54, 1.807) is 0 Å². The number of hydrogen-bond donors (Lipinski definition) is 1. The summed E-state index contributed by atoms with van der Waals surface area (Å²) >= 11 is 0. The number of amides is 1. The molecule has 0 spiro atoms. The topological polar surface area (TPSA) is 43.3 Å². The van der Waals surface area contributed by atoms with Crippen molar-refractivity contribution in [1.29, 1.82) is 0 Å². The highest BCUT2D eigenvalue weighted by molar-refractivity contribution is 5.99. The van der Waals surface area contributed by atoms with E-state index in [0.717, 1.165) is 31.6 Å². The van der Waals surface area contributed by atoms with Crippen LogP contribution in [0.2, 0.25) is 0 Å². The molecule has 1 saturated heterocycles. The van der Waals surface area contributed by atoms with E-state index in [-0.39, 0.29) is 12.0 Å². The summed E-state index contributed by atoms with van der Waals surface area (Å²) in [5.41, 5.74) is 4.45. The first-order chi connectivity index (χ1) is 10.6. The molecule has 22 heavy (non-hydrogen) atoms. The Balaban J connectivity index is 1.82. The zero-order chi connectivity index (χ0) is 15.7. The molecule has 2 aromatic rings. The van der Waals surface area contributed by atoms with Crippen LogP contribution in [0.5, 0.6) is 0 Å². The number of aryl methyl sites for hydroxylation is 2. The van der Waals surface area contributed by atoms with Crippen LogP contribution in [-0.4, -0.2) is 29.7 Å². The molecule has 1 N–H and O–H groups in total. The number of aromatic nitrogens is 1. The van der Waals surface area contributed by atoms with Gasteiger partial charge in [0.25, 0.3) is 5.91 Å². The zero-order valence-corrected chi connectivity index (χ0v) is 13.6. The smallest absolute Gasteiger partial charge is 0.251 e. The van der Waals surface area contributed by atoms with Gasteiger partial charge in [-0.1, -0.05) is 0 Å². The number of carbonyl (C=O) groups is 1. The molecule has 118 valence electrons. The summed E-state index contributed by atoms with van der Waals surface area (Å²) in [4.78, 5) is 12.3. The standard InChI is InChI=1S/C18H24N2O2/c1-4-20-13(3)12(2)16-10-14(7-8-17(16)20)18(21)19-11-15-6-5-9-22-15/h7-8,10,15H,4-6,9,11H2,1-3H3,(H,19,21). The highest BCUT2D eigenvalue weighted by Crippen LogP contribution is 2.26.